The van der Waals surface area contributed by atoms with Gasteiger partial charge in [0.2, 0.25) is 5.95 Å². The van der Waals surface area contributed by atoms with Gasteiger partial charge in [-0.25, -0.2) is 9.66 Å². The molecule has 1 aromatic heterocycles. The number of rotatable bonds is 4. The van der Waals surface area contributed by atoms with E-state index in [1.165, 1.54) is 31.5 Å². The highest BCUT2D eigenvalue weighted by Gasteiger charge is 2.11. The summed E-state index contributed by atoms with van der Waals surface area (Å²) < 4.78 is 1.59. The van der Waals surface area contributed by atoms with Crippen LogP contribution in [0.5, 0.6) is 0 Å². The van der Waals surface area contributed by atoms with Crippen LogP contribution in [0.25, 0.3) is 0 Å². The zero-order valence-electron chi connectivity index (χ0n) is 12.4. The minimum Gasteiger partial charge on any atom is -0.368 e. The Bertz CT molecular complexity index is 621. The first-order chi connectivity index (χ1) is 10.2. The van der Waals surface area contributed by atoms with Crippen molar-refractivity contribution in [2.24, 2.45) is 5.10 Å². The first-order valence-electron chi connectivity index (χ1n) is 7.38. The Balaban J connectivity index is 1.65. The van der Waals surface area contributed by atoms with E-state index in [0.29, 0.717) is 5.95 Å². The fourth-order valence-electron chi connectivity index (χ4n) is 2.63. The number of imidazole rings is 1. The van der Waals surface area contributed by atoms with Crippen molar-refractivity contribution in [1.29, 1.82) is 0 Å². The fourth-order valence-corrected chi connectivity index (χ4v) is 2.63. The van der Waals surface area contributed by atoms with Crippen molar-refractivity contribution in [2.75, 3.05) is 18.8 Å². The van der Waals surface area contributed by atoms with Crippen LogP contribution in [0.15, 0.2) is 35.6 Å². The summed E-state index contributed by atoms with van der Waals surface area (Å²) in [6.45, 7) is 5.39. The summed E-state index contributed by atoms with van der Waals surface area (Å²) in [7, 11) is 0. The Kier molecular flexibility index (Phi) is 4.01. The smallest absolute Gasteiger partial charge is 0.221 e. The van der Waals surface area contributed by atoms with E-state index in [9.17, 15) is 0 Å². The predicted molar refractivity (Wildman–Crippen MR) is 85.3 cm³/mol. The molecule has 1 saturated heterocycles. The van der Waals surface area contributed by atoms with Crippen LogP contribution in [0.3, 0.4) is 0 Å². The lowest BCUT2D eigenvalue weighted by atomic mass is 10.1. The van der Waals surface area contributed by atoms with Crippen molar-refractivity contribution in [3.63, 3.8) is 0 Å². The van der Waals surface area contributed by atoms with Gasteiger partial charge in [-0.15, -0.1) is 0 Å². The van der Waals surface area contributed by atoms with E-state index < -0.39 is 0 Å². The number of aryl methyl sites for hydroxylation is 1. The number of nitrogens with zero attached hydrogens (tertiary/aromatic N) is 4. The van der Waals surface area contributed by atoms with Gasteiger partial charge in [0.25, 0.3) is 0 Å². The van der Waals surface area contributed by atoms with E-state index in [4.69, 9.17) is 5.73 Å². The van der Waals surface area contributed by atoms with Gasteiger partial charge in [-0.3, -0.25) is 4.90 Å². The lowest BCUT2D eigenvalue weighted by Crippen LogP contribution is -2.18. The number of nitrogens with two attached hydrogens (primary N) is 1. The number of anilines is 1. The maximum Gasteiger partial charge on any atom is 0.221 e. The standard InChI is InChI=1S/C16H21N5/c1-13-11-21(16(17)19-13)18-10-14-4-6-15(7-5-14)12-20-8-2-3-9-20/h4-7,10-11H,2-3,8-9,12H2,1H3,(H2,17,19). The molecule has 3 rings (SSSR count). The summed E-state index contributed by atoms with van der Waals surface area (Å²) in [6, 6.07) is 8.52. The van der Waals surface area contributed by atoms with Crippen molar-refractivity contribution < 1.29 is 0 Å². The molecular formula is C16H21N5. The molecule has 0 saturated carbocycles. The van der Waals surface area contributed by atoms with Crippen LogP contribution < -0.4 is 5.73 Å². The molecular weight excluding hydrogens is 262 g/mol. The van der Waals surface area contributed by atoms with E-state index in [-0.39, 0.29) is 0 Å². The van der Waals surface area contributed by atoms with Gasteiger partial charge in [0.15, 0.2) is 0 Å². The van der Waals surface area contributed by atoms with E-state index >= 15 is 0 Å². The summed E-state index contributed by atoms with van der Waals surface area (Å²) in [5.41, 5.74) is 9.03. The molecule has 2 heterocycles. The minimum absolute atomic E-state index is 0.411. The Morgan fingerprint density at radius 2 is 1.95 bits per heavy atom. The van der Waals surface area contributed by atoms with Crippen LogP contribution in [0, 0.1) is 6.92 Å². The highest BCUT2D eigenvalue weighted by molar-refractivity contribution is 5.79. The molecule has 5 heteroatoms. The van der Waals surface area contributed by atoms with Crippen molar-refractivity contribution in [1.82, 2.24) is 14.6 Å². The largest absolute Gasteiger partial charge is 0.368 e. The summed E-state index contributed by atoms with van der Waals surface area (Å²) >= 11 is 0. The molecule has 0 radical (unpaired) electrons. The Labute approximate surface area is 125 Å². The zero-order valence-corrected chi connectivity index (χ0v) is 12.4. The second-order valence-electron chi connectivity index (χ2n) is 5.55. The Morgan fingerprint density at radius 1 is 1.24 bits per heavy atom. The maximum atomic E-state index is 5.75. The molecule has 1 fully saturated rings. The quantitative estimate of drug-likeness (QED) is 0.876. The average molecular weight is 283 g/mol. The SMILES string of the molecule is Cc1cn(N=Cc2ccc(CN3CCCC3)cc2)c(N)n1. The molecule has 0 amide bonds. The monoisotopic (exact) mass is 283 g/mol. The summed E-state index contributed by atoms with van der Waals surface area (Å²) in [5.74, 6) is 0.411. The van der Waals surface area contributed by atoms with Crippen LogP contribution in [-0.2, 0) is 6.54 Å². The summed E-state index contributed by atoms with van der Waals surface area (Å²) in [4.78, 5) is 6.61. The molecule has 0 bridgehead atoms. The van der Waals surface area contributed by atoms with Crippen LogP contribution in [-0.4, -0.2) is 33.9 Å². The molecule has 0 spiro atoms. The number of likely N-dealkylation sites (tertiary alicyclic amines) is 1. The molecule has 0 aliphatic carbocycles. The van der Waals surface area contributed by atoms with E-state index in [2.05, 4.69) is 39.3 Å². The van der Waals surface area contributed by atoms with Gasteiger partial charge in [-0.1, -0.05) is 24.3 Å². The minimum atomic E-state index is 0.411. The van der Waals surface area contributed by atoms with E-state index in [0.717, 1.165) is 17.8 Å². The highest BCUT2D eigenvalue weighted by Crippen LogP contribution is 2.13. The Hall–Kier alpha value is -2.14. The third-order valence-electron chi connectivity index (χ3n) is 3.75. The number of hydrogen-bond donors (Lipinski definition) is 1. The maximum absolute atomic E-state index is 5.75. The normalized spacial score (nSPS) is 16.0. The van der Waals surface area contributed by atoms with Crippen LogP contribution >= 0.6 is 0 Å². The highest BCUT2D eigenvalue weighted by atomic mass is 15.4. The van der Waals surface area contributed by atoms with Gasteiger partial charge in [0, 0.05) is 6.54 Å². The van der Waals surface area contributed by atoms with Crippen LogP contribution in [0.2, 0.25) is 0 Å². The summed E-state index contributed by atoms with van der Waals surface area (Å²) in [5, 5.41) is 4.32. The van der Waals surface area contributed by atoms with Gasteiger partial charge in [-0.2, -0.15) is 5.10 Å². The molecule has 1 aliphatic heterocycles. The van der Waals surface area contributed by atoms with Crippen molar-refractivity contribution >= 4 is 12.2 Å². The van der Waals surface area contributed by atoms with Crippen molar-refractivity contribution in [2.45, 2.75) is 26.3 Å². The first kappa shape index (κ1) is 13.8. The van der Waals surface area contributed by atoms with Gasteiger partial charge in [0.1, 0.15) is 0 Å². The van der Waals surface area contributed by atoms with Gasteiger partial charge in [0.05, 0.1) is 18.1 Å². The first-order valence-corrected chi connectivity index (χ1v) is 7.38. The topological polar surface area (TPSA) is 59.4 Å². The number of benzene rings is 1. The fraction of sp³-hybridized carbons (Fsp3) is 0.375. The second kappa shape index (κ2) is 6.10. The third-order valence-corrected chi connectivity index (χ3v) is 3.75. The molecule has 0 atom stereocenters. The lowest BCUT2D eigenvalue weighted by Gasteiger charge is -2.14. The molecule has 2 N–H and O–H groups in total. The molecule has 0 unspecified atom stereocenters. The molecule has 1 aromatic carbocycles. The number of aromatic nitrogens is 2. The summed E-state index contributed by atoms with van der Waals surface area (Å²) in [6.07, 6.45) is 6.28. The number of nitrogen functional groups attached to an aromatic ring is 1. The Morgan fingerprint density at radius 3 is 2.57 bits per heavy atom. The molecule has 110 valence electrons. The van der Waals surface area contributed by atoms with E-state index in [1.807, 2.05) is 13.1 Å². The lowest BCUT2D eigenvalue weighted by molar-refractivity contribution is 0.331. The molecule has 21 heavy (non-hydrogen) atoms. The molecule has 1 aliphatic rings. The van der Waals surface area contributed by atoms with Crippen LogP contribution in [0.4, 0.5) is 5.95 Å². The van der Waals surface area contributed by atoms with Crippen molar-refractivity contribution in [3.8, 4) is 0 Å². The second-order valence-corrected chi connectivity index (χ2v) is 5.55. The van der Waals surface area contributed by atoms with Gasteiger partial charge >= 0.3 is 0 Å². The average Bonchev–Trinajstić information content (AvgIpc) is 3.08. The van der Waals surface area contributed by atoms with E-state index in [1.54, 1.807) is 10.9 Å². The van der Waals surface area contributed by atoms with Crippen LogP contribution in [0.1, 0.15) is 29.7 Å². The number of hydrogen-bond acceptors (Lipinski definition) is 4. The van der Waals surface area contributed by atoms with Gasteiger partial charge in [-0.05, 0) is 44.0 Å². The van der Waals surface area contributed by atoms with Gasteiger partial charge < -0.3 is 5.73 Å². The third kappa shape index (κ3) is 3.49. The zero-order chi connectivity index (χ0) is 14.7. The molecule has 5 nitrogen and oxygen atoms in total. The van der Waals surface area contributed by atoms with Crippen molar-refractivity contribution in [3.05, 3.63) is 47.3 Å². The predicted octanol–water partition coefficient (Wildman–Crippen LogP) is 2.25. The molecule has 2 aromatic rings.